The Kier molecular flexibility index (Phi) is 5.22. The summed E-state index contributed by atoms with van der Waals surface area (Å²) in [5.41, 5.74) is 1.41. The highest BCUT2D eigenvalue weighted by molar-refractivity contribution is 5.85. The molecule has 3 aliphatic rings. The summed E-state index contributed by atoms with van der Waals surface area (Å²) in [6, 6.07) is 10.8. The zero-order chi connectivity index (χ0) is 18.9. The summed E-state index contributed by atoms with van der Waals surface area (Å²) in [6.45, 7) is 3.84. The number of piperidine rings is 2. The fourth-order valence-corrected chi connectivity index (χ4v) is 4.86. The number of likely N-dealkylation sites (tertiary alicyclic amines) is 2. The van der Waals surface area contributed by atoms with E-state index in [1.165, 1.54) is 18.4 Å². The zero-order valence-corrected chi connectivity index (χ0v) is 16.3. The van der Waals surface area contributed by atoms with Crippen LogP contribution in [-0.4, -0.2) is 60.9 Å². The van der Waals surface area contributed by atoms with Crippen LogP contribution in [0.5, 0.6) is 0 Å². The van der Waals surface area contributed by atoms with E-state index in [0.717, 1.165) is 45.4 Å². The molecule has 0 unspecified atom stereocenters. The molecule has 1 saturated carbocycles. The highest BCUT2D eigenvalue weighted by atomic mass is 16.2. The average Bonchev–Trinajstić information content (AvgIpc) is 3.55. The second-order valence-electron chi connectivity index (χ2n) is 8.63. The number of hydrogen-bond acceptors (Lipinski definition) is 3. The number of benzene rings is 1. The highest BCUT2D eigenvalue weighted by Gasteiger charge is 2.49. The number of nitrogens with one attached hydrogen (secondary N) is 1. The molecule has 1 spiro atoms. The van der Waals surface area contributed by atoms with Crippen molar-refractivity contribution >= 4 is 11.8 Å². The maximum atomic E-state index is 13.2. The van der Waals surface area contributed by atoms with Crippen LogP contribution in [0.15, 0.2) is 30.3 Å². The minimum Gasteiger partial charge on any atom is -0.359 e. The second-order valence-corrected chi connectivity index (χ2v) is 8.63. The van der Waals surface area contributed by atoms with Crippen molar-refractivity contribution in [1.82, 2.24) is 15.1 Å². The third-order valence-electron chi connectivity index (χ3n) is 6.76. The van der Waals surface area contributed by atoms with Gasteiger partial charge < -0.3 is 15.1 Å². The molecule has 1 aromatic carbocycles. The number of rotatable bonds is 5. The summed E-state index contributed by atoms with van der Waals surface area (Å²) in [5.74, 6) is 0.469. The standard InChI is InChI=1S/C22H31N3O2/c1-23-20(26)9-12-24-13-10-22(11-14-24)15-19(17-5-3-2-4-6-17)21(27)25(16-22)18-7-8-18/h2-6,18-19H,7-16H2,1H3,(H,23,26)/t19-/m0/s1. The largest absolute Gasteiger partial charge is 0.359 e. The van der Waals surface area contributed by atoms with Gasteiger partial charge in [-0.15, -0.1) is 0 Å². The second kappa shape index (κ2) is 7.63. The number of carbonyl (C=O) groups excluding carboxylic acids is 2. The van der Waals surface area contributed by atoms with Crippen molar-refractivity contribution in [3.05, 3.63) is 35.9 Å². The Bertz CT molecular complexity index is 678. The molecule has 0 bridgehead atoms. The SMILES string of the molecule is CNC(=O)CCN1CCC2(CC1)C[C@@H](c1ccccc1)C(=O)N(C1CC1)C2. The Morgan fingerprint density at radius 1 is 1.19 bits per heavy atom. The Morgan fingerprint density at radius 3 is 2.52 bits per heavy atom. The van der Waals surface area contributed by atoms with Gasteiger partial charge in [0.05, 0.1) is 5.92 Å². The maximum Gasteiger partial charge on any atom is 0.230 e. The van der Waals surface area contributed by atoms with Gasteiger partial charge in [-0.05, 0) is 56.2 Å². The van der Waals surface area contributed by atoms with Crippen LogP contribution in [-0.2, 0) is 9.59 Å². The Balaban J connectivity index is 1.46. The van der Waals surface area contributed by atoms with Crippen LogP contribution in [0.2, 0.25) is 0 Å². The topological polar surface area (TPSA) is 52.7 Å². The van der Waals surface area contributed by atoms with Gasteiger partial charge in [-0.25, -0.2) is 0 Å². The molecule has 2 heterocycles. The summed E-state index contributed by atoms with van der Waals surface area (Å²) in [7, 11) is 1.70. The van der Waals surface area contributed by atoms with Crippen molar-refractivity contribution in [2.24, 2.45) is 5.41 Å². The van der Waals surface area contributed by atoms with E-state index in [1.54, 1.807) is 7.05 Å². The summed E-state index contributed by atoms with van der Waals surface area (Å²) < 4.78 is 0. The minimum absolute atomic E-state index is 0.0120. The van der Waals surface area contributed by atoms with Crippen molar-refractivity contribution in [2.75, 3.05) is 33.2 Å². The fourth-order valence-electron chi connectivity index (χ4n) is 4.86. The number of hydrogen-bond donors (Lipinski definition) is 1. The normalized spacial score (nSPS) is 25.6. The first-order valence-electron chi connectivity index (χ1n) is 10.4. The summed E-state index contributed by atoms with van der Waals surface area (Å²) >= 11 is 0. The molecule has 1 aromatic rings. The molecule has 4 rings (SSSR count). The van der Waals surface area contributed by atoms with E-state index in [1.807, 2.05) is 18.2 Å². The summed E-state index contributed by atoms with van der Waals surface area (Å²) in [4.78, 5) is 29.3. The van der Waals surface area contributed by atoms with Crippen molar-refractivity contribution in [3.63, 3.8) is 0 Å². The molecule has 1 N–H and O–H groups in total. The van der Waals surface area contributed by atoms with Crippen molar-refractivity contribution in [3.8, 4) is 0 Å². The Labute approximate surface area is 162 Å². The highest BCUT2D eigenvalue weighted by Crippen LogP contribution is 2.48. The van der Waals surface area contributed by atoms with Gasteiger partial charge in [0.15, 0.2) is 0 Å². The van der Waals surface area contributed by atoms with E-state index in [-0.39, 0.29) is 17.2 Å². The summed E-state index contributed by atoms with van der Waals surface area (Å²) in [5, 5.41) is 2.71. The summed E-state index contributed by atoms with van der Waals surface area (Å²) in [6.07, 6.45) is 6.13. The third-order valence-corrected chi connectivity index (χ3v) is 6.76. The molecule has 1 atom stereocenters. The first kappa shape index (κ1) is 18.5. The number of carbonyl (C=O) groups is 2. The smallest absolute Gasteiger partial charge is 0.230 e. The lowest BCUT2D eigenvalue weighted by Gasteiger charge is -2.50. The van der Waals surface area contributed by atoms with Crippen molar-refractivity contribution < 1.29 is 9.59 Å². The molecule has 3 fully saturated rings. The average molecular weight is 370 g/mol. The third kappa shape index (κ3) is 4.03. The van der Waals surface area contributed by atoms with E-state index < -0.39 is 0 Å². The van der Waals surface area contributed by atoms with E-state index in [4.69, 9.17) is 0 Å². The van der Waals surface area contributed by atoms with Crippen LogP contribution in [0, 0.1) is 5.41 Å². The first-order chi connectivity index (χ1) is 13.1. The maximum absolute atomic E-state index is 13.2. The molecule has 0 aromatic heterocycles. The fraction of sp³-hybridized carbons (Fsp3) is 0.636. The van der Waals surface area contributed by atoms with Crippen LogP contribution in [0.4, 0.5) is 0 Å². The van der Waals surface area contributed by atoms with E-state index in [0.29, 0.717) is 18.4 Å². The van der Waals surface area contributed by atoms with Gasteiger partial charge in [-0.3, -0.25) is 9.59 Å². The predicted molar refractivity (Wildman–Crippen MR) is 105 cm³/mol. The van der Waals surface area contributed by atoms with E-state index >= 15 is 0 Å². The zero-order valence-electron chi connectivity index (χ0n) is 16.3. The van der Waals surface area contributed by atoms with Crippen molar-refractivity contribution in [2.45, 2.75) is 50.5 Å². The molecular weight excluding hydrogens is 338 g/mol. The number of amides is 2. The minimum atomic E-state index is 0.0120. The molecular formula is C22H31N3O2. The molecule has 5 heteroatoms. The lowest BCUT2D eigenvalue weighted by molar-refractivity contribution is -0.142. The van der Waals surface area contributed by atoms with Crippen LogP contribution in [0.1, 0.15) is 50.0 Å². The van der Waals surface area contributed by atoms with Crippen molar-refractivity contribution in [1.29, 1.82) is 0 Å². The Morgan fingerprint density at radius 2 is 1.89 bits per heavy atom. The van der Waals surface area contributed by atoms with Gasteiger partial charge in [0.1, 0.15) is 0 Å². The Hall–Kier alpha value is -1.88. The van der Waals surface area contributed by atoms with Gasteiger partial charge in [-0.2, -0.15) is 0 Å². The first-order valence-corrected chi connectivity index (χ1v) is 10.4. The molecule has 5 nitrogen and oxygen atoms in total. The molecule has 2 saturated heterocycles. The van der Waals surface area contributed by atoms with E-state index in [9.17, 15) is 9.59 Å². The molecule has 1 aliphatic carbocycles. The van der Waals surface area contributed by atoms with Crippen LogP contribution >= 0.6 is 0 Å². The van der Waals surface area contributed by atoms with Gasteiger partial charge >= 0.3 is 0 Å². The molecule has 2 amide bonds. The van der Waals surface area contributed by atoms with Crippen LogP contribution < -0.4 is 5.32 Å². The monoisotopic (exact) mass is 369 g/mol. The van der Waals surface area contributed by atoms with Crippen LogP contribution in [0.25, 0.3) is 0 Å². The van der Waals surface area contributed by atoms with Gasteiger partial charge in [0.2, 0.25) is 11.8 Å². The molecule has 146 valence electrons. The van der Waals surface area contributed by atoms with Gasteiger partial charge in [0, 0.05) is 32.6 Å². The molecule has 0 radical (unpaired) electrons. The lowest BCUT2D eigenvalue weighted by Crippen LogP contribution is -2.54. The quantitative estimate of drug-likeness (QED) is 0.867. The van der Waals surface area contributed by atoms with Crippen LogP contribution in [0.3, 0.4) is 0 Å². The predicted octanol–water partition coefficient (Wildman–Crippen LogP) is 2.38. The lowest BCUT2D eigenvalue weighted by atomic mass is 9.67. The molecule has 27 heavy (non-hydrogen) atoms. The van der Waals surface area contributed by atoms with E-state index in [2.05, 4.69) is 27.2 Å². The molecule has 2 aliphatic heterocycles. The van der Waals surface area contributed by atoms with Gasteiger partial charge in [-0.1, -0.05) is 30.3 Å². The van der Waals surface area contributed by atoms with Gasteiger partial charge in [0.25, 0.3) is 0 Å². The number of nitrogens with zero attached hydrogens (tertiary/aromatic N) is 2.